The summed E-state index contributed by atoms with van der Waals surface area (Å²) < 4.78 is 10.7. The molecule has 0 aromatic heterocycles. The average Bonchev–Trinajstić information content (AvgIpc) is 2.52. The van der Waals surface area contributed by atoms with Gasteiger partial charge in [-0.1, -0.05) is 24.3 Å². The first kappa shape index (κ1) is 17.0. The van der Waals surface area contributed by atoms with Crippen LogP contribution in [0.15, 0.2) is 48.5 Å². The highest BCUT2D eigenvalue weighted by atomic mass is 16.6. The molecule has 0 aliphatic heterocycles. The maximum absolute atomic E-state index is 12.0. The van der Waals surface area contributed by atoms with Gasteiger partial charge in [-0.05, 0) is 56.2 Å². The molecule has 0 spiro atoms. The van der Waals surface area contributed by atoms with Crippen LogP contribution in [0.4, 0.5) is 0 Å². The second kappa shape index (κ2) is 7.29. The first-order valence-electron chi connectivity index (χ1n) is 7.56. The molecule has 2 aromatic rings. The minimum Gasteiger partial charge on any atom is -0.491 e. The number of aliphatic hydroxyl groups is 1. The van der Waals surface area contributed by atoms with Crippen LogP contribution in [0, 0.1) is 0 Å². The number of benzene rings is 2. The highest BCUT2D eigenvalue weighted by Gasteiger charge is 2.17. The van der Waals surface area contributed by atoms with Crippen LogP contribution < -0.4 is 4.74 Å². The maximum Gasteiger partial charge on any atom is 0.338 e. The van der Waals surface area contributed by atoms with E-state index in [0.717, 1.165) is 11.1 Å². The number of carbonyl (C=O) groups is 1. The summed E-state index contributed by atoms with van der Waals surface area (Å²) in [5.41, 5.74) is 2.06. The minimum atomic E-state index is -0.500. The lowest BCUT2D eigenvalue weighted by Gasteiger charge is -2.19. The topological polar surface area (TPSA) is 55.8 Å². The second-order valence-corrected chi connectivity index (χ2v) is 6.18. The summed E-state index contributed by atoms with van der Waals surface area (Å²) in [6, 6.07) is 14.9. The lowest BCUT2D eigenvalue weighted by Crippen LogP contribution is -2.23. The van der Waals surface area contributed by atoms with E-state index in [-0.39, 0.29) is 19.2 Å². The molecule has 0 heterocycles. The normalized spacial score (nSPS) is 11.1. The van der Waals surface area contributed by atoms with E-state index in [2.05, 4.69) is 0 Å². The van der Waals surface area contributed by atoms with Crippen molar-refractivity contribution in [2.45, 2.75) is 26.4 Å². The average molecular weight is 314 g/mol. The van der Waals surface area contributed by atoms with E-state index in [1.54, 1.807) is 12.1 Å². The van der Waals surface area contributed by atoms with E-state index >= 15 is 0 Å². The standard InChI is InChI=1S/C19H22O4/c1-19(2,3)23-18(21)16-6-4-14(5-7-16)15-8-10-17(11-9-15)22-13-12-20/h4-11,20H,12-13H2,1-3H3. The molecule has 0 fully saturated rings. The molecule has 122 valence electrons. The third-order valence-electron chi connectivity index (χ3n) is 3.07. The molecule has 0 atom stereocenters. The number of hydrogen-bond donors (Lipinski definition) is 1. The van der Waals surface area contributed by atoms with Gasteiger partial charge in [-0.2, -0.15) is 0 Å². The van der Waals surface area contributed by atoms with Gasteiger partial charge in [0.15, 0.2) is 0 Å². The van der Waals surface area contributed by atoms with Gasteiger partial charge in [0.05, 0.1) is 12.2 Å². The Hall–Kier alpha value is -2.33. The van der Waals surface area contributed by atoms with Gasteiger partial charge in [0.1, 0.15) is 18.0 Å². The van der Waals surface area contributed by atoms with Crippen molar-refractivity contribution in [3.8, 4) is 16.9 Å². The quantitative estimate of drug-likeness (QED) is 0.855. The highest BCUT2D eigenvalue weighted by molar-refractivity contribution is 5.90. The molecular weight excluding hydrogens is 292 g/mol. The number of aliphatic hydroxyl groups excluding tert-OH is 1. The predicted octanol–water partition coefficient (Wildman–Crippen LogP) is 3.68. The predicted molar refractivity (Wildman–Crippen MR) is 89.6 cm³/mol. The fourth-order valence-corrected chi connectivity index (χ4v) is 2.04. The van der Waals surface area contributed by atoms with Gasteiger partial charge in [0.2, 0.25) is 0 Å². The van der Waals surface area contributed by atoms with Crippen molar-refractivity contribution in [2.75, 3.05) is 13.2 Å². The molecule has 2 aromatic carbocycles. The van der Waals surface area contributed by atoms with Gasteiger partial charge in [-0.25, -0.2) is 4.79 Å². The summed E-state index contributed by atoms with van der Waals surface area (Å²) in [5, 5.41) is 8.74. The summed E-state index contributed by atoms with van der Waals surface area (Å²) in [4.78, 5) is 12.0. The monoisotopic (exact) mass is 314 g/mol. The van der Waals surface area contributed by atoms with E-state index in [9.17, 15) is 4.79 Å². The molecule has 0 saturated heterocycles. The third-order valence-corrected chi connectivity index (χ3v) is 3.07. The van der Waals surface area contributed by atoms with E-state index in [1.807, 2.05) is 57.2 Å². The largest absolute Gasteiger partial charge is 0.491 e. The molecular formula is C19H22O4. The third kappa shape index (κ3) is 5.11. The SMILES string of the molecule is CC(C)(C)OC(=O)c1ccc(-c2ccc(OCCO)cc2)cc1. The van der Waals surface area contributed by atoms with Crippen molar-refractivity contribution in [3.63, 3.8) is 0 Å². The summed E-state index contributed by atoms with van der Waals surface area (Å²) >= 11 is 0. The molecule has 23 heavy (non-hydrogen) atoms. The molecule has 2 rings (SSSR count). The number of esters is 1. The van der Waals surface area contributed by atoms with Crippen molar-refractivity contribution in [1.82, 2.24) is 0 Å². The van der Waals surface area contributed by atoms with E-state index < -0.39 is 5.60 Å². The van der Waals surface area contributed by atoms with Crippen LogP contribution in [0.5, 0.6) is 5.75 Å². The van der Waals surface area contributed by atoms with Crippen LogP contribution in [-0.2, 0) is 4.74 Å². The molecule has 0 aliphatic carbocycles. The van der Waals surface area contributed by atoms with Gasteiger partial charge in [-0.3, -0.25) is 0 Å². The molecule has 0 unspecified atom stereocenters. The first-order chi connectivity index (χ1) is 10.9. The van der Waals surface area contributed by atoms with Crippen LogP contribution in [0.2, 0.25) is 0 Å². The zero-order valence-corrected chi connectivity index (χ0v) is 13.7. The van der Waals surface area contributed by atoms with E-state index in [1.165, 1.54) is 0 Å². The van der Waals surface area contributed by atoms with Crippen molar-refractivity contribution in [2.24, 2.45) is 0 Å². The zero-order valence-electron chi connectivity index (χ0n) is 13.7. The van der Waals surface area contributed by atoms with Crippen molar-refractivity contribution in [3.05, 3.63) is 54.1 Å². The Bertz CT molecular complexity index is 637. The van der Waals surface area contributed by atoms with Crippen LogP contribution in [-0.4, -0.2) is 29.9 Å². The summed E-state index contributed by atoms with van der Waals surface area (Å²) in [7, 11) is 0. The first-order valence-corrected chi connectivity index (χ1v) is 7.56. The Morgan fingerprint density at radius 1 is 0.957 bits per heavy atom. The smallest absolute Gasteiger partial charge is 0.338 e. The number of hydrogen-bond acceptors (Lipinski definition) is 4. The Morgan fingerprint density at radius 2 is 1.48 bits per heavy atom. The fraction of sp³-hybridized carbons (Fsp3) is 0.316. The van der Waals surface area contributed by atoms with E-state index in [0.29, 0.717) is 11.3 Å². The summed E-state index contributed by atoms with van der Waals surface area (Å²) in [5.74, 6) is 0.393. The number of ether oxygens (including phenoxy) is 2. The van der Waals surface area contributed by atoms with Gasteiger partial charge >= 0.3 is 5.97 Å². The van der Waals surface area contributed by atoms with Gasteiger partial charge in [-0.15, -0.1) is 0 Å². The van der Waals surface area contributed by atoms with Crippen LogP contribution in [0.25, 0.3) is 11.1 Å². The molecule has 0 aliphatic rings. The fourth-order valence-electron chi connectivity index (χ4n) is 2.04. The van der Waals surface area contributed by atoms with Crippen molar-refractivity contribution < 1.29 is 19.4 Å². The number of rotatable bonds is 5. The zero-order chi connectivity index (χ0) is 16.9. The Balaban J connectivity index is 2.08. The Kier molecular flexibility index (Phi) is 5.40. The second-order valence-electron chi connectivity index (χ2n) is 6.18. The molecule has 4 nitrogen and oxygen atoms in total. The van der Waals surface area contributed by atoms with Crippen LogP contribution in [0.3, 0.4) is 0 Å². The van der Waals surface area contributed by atoms with Gasteiger partial charge in [0, 0.05) is 0 Å². The Labute approximate surface area is 136 Å². The van der Waals surface area contributed by atoms with Crippen molar-refractivity contribution in [1.29, 1.82) is 0 Å². The van der Waals surface area contributed by atoms with Gasteiger partial charge < -0.3 is 14.6 Å². The van der Waals surface area contributed by atoms with Crippen molar-refractivity contribution >= 4 is 5.97 Å². The summed E-state index contributed by atoms with van der Waals surface area (Å²) in [6.45, 7) is 5.82. The van der Waals surface area contributed by atoms with Gasteiger partial charge in [0.25, 0.3) is 0 Å². The molecule has 1 N–H and O–H groups in total. The molecule has 0 bridgehead atoms. The minimum absolute atomic E-state index is 0.00607. The molecule has 0 saturated carbocycles. The van der Waals surface area contributed by atoms with E-state index in [4.69, 9.17) is 14.6 Å². The number of carbonyl (C=O) groups excluding carboxylic acids is 1. The highest BCUT2D eigenvalue weighted by Crippen LogP contribution is 2.23. The molecule has 0 amide bonds. The Morgan fingerprint density at radius 3 is 1.96 bits per heavy atom. The molecule has 4 heteroatoms. The molecule has 0 radical (unpaired) electrons. The van der Waals surface area contributed by atoms with Crippen LogP contribution >= 0.6 is 0 Å². The lowest BCUT2D eigenvalue weighted by molar-refractivity contribution is 0.00695. The summed E-state index contributed by atoms with van der Waals surface area (Å²) in [6.07, 6.45) is 0. The van der Waals surface area contributed by atoms with Crippen LogP contribution in [0.1, 0.15) is 31.1 Å². The maximum atomic E-state index is 12.0. The lowest BCUT2D eigenvalue weighted by atomic mass is 10.0.